The number of nitrogens with zero attached hydrogens (tertiary/aromatic N) is 1. The van der Waals surface area contributed by atoms with Crippen molar-refractivity contribution < 1.29 is 9.53 Å². The maximum absolute atomic E-state index is 12.1. The van der Waals surface area contributed by atoms with Crippen LogP contribution < -0.4 is 0 Å². The number of hydrogen-bond acceptors (Lipinski definition) is 3. The van der Waals surface area contributed by atoms with E-state index in [1.54, 1.807) is 11.3 Å². The van der Waals surface area contributed by atoms with Crippen LogP contribution in [0.5, 0.6) is 0 Å². The first-order valence-electron chi connectivity index (χ1n) is 5.60. The Morgan fingerprint density at radius 2 is 2.44 bits per heavy atom. The van der Waals surface area contributed by atoms with Gasteiger partial charge in [0.2, 0.25) is 5.91 Å². The van der Waals surface area contributed by atoms with E-state index in [1.165, 1.54) is 0 Å². The van der Waals surface area contributed by atoms with Crippen molar-refractivity contribution in [3.63, 3.8) is 0 Å². The molecular weight excluding hydrogens is 222 g/mol. The molecule has 1 amide bonds. The first-order chi connectivity index (χ1) is 7.66. The van der Waals surface area contributed by atoms with Crippen LogP contribution in [-0.2, 0) is 16.0 Å². The van der Waals surface area contributed by atoms with Crippen LogP contribution in [0.1, 0.15) is 18.7 Å². The molecule has 4 heteroatoms. The summed E-state index contributed by atoms with van der Waals surface area (Å²) in [5, 5.41) is 2.01. The number of ether oxygens (including phenoxy) is 1. The second-order valence-electron chi connectivity index (χ2n) is 4.30. The second-order valence-corrected chi connectivity index (χ2v) is 5.33. The maximum Gasteiger partial charge on any atom is 0.228 e. The minimum absolute atomic E-state index is 0.156. The third kappa shape index (κ3) is 2.62. The fourth-order valence-corrected chi connectivity index (χ4v) is 2.61. The van der Waals surface area contributed by atoms with E-state index in [4.69, 9.17) is 4.74 Å². The molecule has 3 nitrogen and oxygen atoms in total. The zero-order valence-corrected chi connectivity index (χ0v) is 10.5. The van der Waals surface area contributed by atoms with Crippen LogP contribution in [0.4, 0.5) is 0 Å². The van der Waals surface area contributed by atoms with Gasteiger partial charge in [0.15, 0.2) is 0 Å². The van der Waals surface area contributed by atoms with Crippen LogP contribution in [0.2, 0.25) is 0 Å². The van der Waals surface area contributed by atoms with Gasteiger partial charge in [0.05, 0.1) is 25.2 Å². The molecule has 1 saturated heterocycles. The standard InChI is InChI=1S/C12H17NO2S/c1-9-8-15-10(2)7-13(9)12(14)6-11-4-3-5-16-11/h3-5,9-10H,6-8H2,1-2H3/t9-,10+/m0/s1. The molecule has 0 saturated carbocycles. The first kappa shape index (κ1) is 11.6. The molecular formula is C12H17NO2S. The Morgan fingerprint density at radius 3 is 3.12 bits per heavy atom. The van der Waals surface area contributed by atoms with E-state index in [9.17, 15) is 4.79 Å². The summed E-state index contributed by atoms with van der Waals surface area (Å²) in [7, 11) is 0. The normalized spacial score (nSPS) is 25.8. The molecule has 0 bridgehead atoms. The average Bonchev–Trinajstić information content (AvgIpc) is 2.74. The molecule has 0 aliphatic carbocycles. The van der Waals surface area contributed by atoms with E-state index in [0.29, 0.717) is 19.6 Å². The summed E-state index contributed by atoms with van der Waals surface area (Å²) in [6.07, 6.45) is 0.679. The van der Waals surface area contributed by atoms with E-state index in [-0.39, 0.29) is 18.1 Å². The van der Waals surface area contributed by atoms with Crippen LogP contribution in [0.15, 0.2) is 17.5 Å². The summed E-state index contributed by atoms with van der Waals surface area (Å²) in [6.45, 7) is 5.41. The van der Waals surface area contributed by atoms with Crippen molar-refractivity contribution in [1.82, 2.24) is 4.90 Å². The summed E-state index contributed by atoms with van der Waals surface area (Å²) in [6, 6.07) is 4.19. The van der Waals surface area contributed by atoms with Gasteiger partial charge in [-0.2, -0.15) is 0 Å². The number of amides is 1. The van der Waals surface area contributed by atoms with Gasteiger partial charge in [-0.1, -0.05) is 6.07 Å². The maximum atomic E-state index is 12.1. The van der Waals surface area contributed by atoms with E-state index in [2.05, 4.69) is 0 Å². The van der Waals surface area contributed by atoms with Crippen molar-refractivity contribution in [2.75, 3.05) is 13.2 Å². The Hall–Kier alpha value is -0.870. The lowest BCUT2D eigenvalue weighted by Gasteiger charge is -2.36. The number of rotatable bonds is 2. The lowest BCUT2D eigenvalue weighted by molar-refractivity contribution is -0.142. The van der Waals surface area contributed by atoms with Gasteiger partial charge in [-0.3, -0.25) is 4.79 Å². The largest absolute Gasteiger partial charge is 0.375 e. The molecule has 0 unspecified atom stereocenters. The molecule has 0 aromatic carbocycles. The first-order valence-corrected chi connectivity index (χ1v) is 6.48. The number of morpholine rings is 1. The minimum Gasteiger partial charge on any atom is -0.375 e. The molecule has 1 aliphatic heterocycles. The van der Waals surface area contributed by atoms with Crippen LogP contribution in [0.3, 0.4) is 0 Å². The van der Waals surface area contributed by atoms with Crippen molar-refractivity contribution in [2.45, 2.75) is 32.4 Å². The highest BCUT2D eigenvalue weighted by Gasteiger charge is 2.27. The lowest BCUT2D eigenvalue weighted by atomic mass is 10.2. The van der Waals surface area contributed by atoms with Crippen molar-refractivity contribution in [2.24, 2.45) is 0 Å². The minimum atomic E-state index is 0.156. The van der Waals surface area contributed by atoms with Gasteiger partial charge in [-0.15, -0.1) is 11.3 Å². The predicted molar refractivity (Wildman–Crippen MR) is 64.6 cm³/mol. The van der Waals surface area contributed by atoms with Gasteiger partial charge in [0.25, 0.3) is 0 Å². The summed E-state index contributed by atoms with van der Waals surface area (Å²) < 4.78 is 5.51. The highest BCUT2D eigenvalue weighted by molar-refractivity contribution is 7.10. The van der Waals surface area contributed by atoms with Crippen molar-refractivity contribution in [3.05, 3.63) is 22.4 Å². The predicted octanol–water partition coefficient (Wildman–Crippen LogP) is 1.93. The summed E-state index contributed by atoms with van der Waals surface area (Å²) in [4.78, 5) is 15.2. The fourth-order valence-electron chi connectivity index (χ4n) is 1.91. The summed E-state index contributed by atoms with van der Waals surface area (Å²) >= 11 is 1.64. The summed E-state index contributed by atoms with van der Waals surface area (Å²) in [5.74, 6) is 0.213. The number of thiophene rings is 1. The number of carbonyl (C=O) groups excluding carboxylic acids is 1. The van der Waals surface area contributed by atoms with Crippen LogP contribution in [0.25, 0.3) is 0 Å². The molecule has 0 radical (unpaired) electrons. The van der Waals surface area contributed by atoms with Gasteiger partial charge >= 0.3 is 0 Å². The highest BCUT2D eigenvalue weighted by Crippen LogP contribution is 2.15. The van der Waals surface area contributed by atoms with Crippen LogP contribution in [-0.4, -0.2) is 36.1 Å². The van der Waals surface area contributed by atoms with Gasteiger partial charge in [0.1, 0.15) is 0 Å². The quantitative estimate of drug-likeness (QED) is 0.789. The van der Waals surface area contributed by atoms with Crippen molar-refractivity contribution in [3.8, 4) is 0 Å². The van der Waals surface area contributed by atoms with Gasteiger partial charge < -0.3 is 9.64 Å². The molecule has 2 heterocycles. The monoisotopic (exact) mass is 239 g/mol. The number of hydrogen-bond donors (Lipinski definition) is 0. The van der Waals surface area contributed by atoms with Gasteiger partial charge in [0, 0.05) is 11.4 Å². The Balaban J connectivity index is 1.97. The molecule has 1 aliphatic rings. The molecule has 2 rings (SSSR count). The molecule has 16 heavy (non-hydrogen) atoms. The Bertz CT molecular complexity index is 350. The molecule has 88 valence electrons. The van der Waals surface area contributed by atoms with E-state index < -0.39 is 0 Å². The molecule has 1 aromatic rings. The van der Waals surface area contributed by atoms with Crippen LogP contribution in [0, 0.1) is 0 Å². The van der Waals surface area contributed by atoms with Gasteiger partial charge in [-0.25, -0.2) is 0 Å². The zero-order chi connectivity index (χ0) is 11.5. The van der Waals surface area contributed by atoms with Crippen molar-refractivity contribution >= 4 is 17.2 Å². The Kier molecular flexibility index (Phi) is 3.61. The fraction of sp³-hybridized carbons (Fsp3) is 0.583. The molecule has 0 spiro atoms. The summed E-state index contributed by atoms with van der Waals surface area (Å²) in [5.41, 5.74) is 0. The topological polar surface area (TPSA) is 29.5 Å². The third-order valence-corrected chi connectivity index (χ3v) is 3.71. The molecule has 0 N–H and O–H groups in total. The molecule has 2 atom stereocenters. The molecule has 1 fully saturated rings. The van der Waals surface area contributed by atoms with Gasteiger partial charge in [-0.05, 0) is 25.3 Å². The van der Waals surface area contributed by atoms with Crippen LogP contribution >= 0.6 is 11.3 Å². The van der Waals surface area contributed by atoms with E-state index >= 15 is 0 Å². The van der Waals surface area contributed by atoms with E-state index in [0.717, 1.165) is 4.88 Å². The Labute approximate surface area is 100 Å². The second kappa shape index (κ2) is 4.97. The zero-order valence-electron chi connectivity index (χ0n) is 9.68. The smallest absolute Gasteiger partial charge is 0.228 e. The average molecular weight is 239 g/mol. The lowest BCUT2D eigenvalue weighted by Crippen LogP contribution is -2.50. The highest BCUT2D eigenvalue weighted by atomic mass is 32.1. The SMILES string of the molecule is C[C@@H]1CN(C(=O)Cc2cccs2)[C@@H](C)CO1. The van der Waals surface area contributed by atoms with Crippen molar-refractivity contribution in [1.29, 1.82) is 0 Å². The number of carbonyl (C=O) groups is 1. The Morgan fingerprint density at radius 1 is 1.62 bits per heavy atom. The van der Waals surface area contributed by atoms with E-state index in [1.807, 2.05) is 36.3 Å². The third-order valence-electron chi connectivity index (χ3n) is 2.83. The molecule has 1 aromatic heterocycles.